The lowest BCUT2D eigenvalue weighted by atomic mass is 10.2. The van der Waals surface area contributed by atoms with E-state index in [2.05, 4.69) is 0 Å². The molecule has 0 fully saturated rings. The summed E-state index contributed by atoms with van der Waals surface area (Å²) in [5, 5.41) is 9.93. The van der Waals surface area contributed by atoms with Crippen molar-refractivity contribution in [3.8, 4) is 0 Å². The molecule has 0 amide bonds. The maximum atomic E-state index is 11.4. The number of thiophene rings is 1. The van der Waals surface area contributed by atoms with Gasteiger partial charge in [-0.1, -0.05) is 18.5 Å². The van der Waals surface area contributed by atoms with Crippen LogP contribution in [0.5, 0.6) is 0 Å². The molecule has 1 aromatic rings. The summed E-state index contributed by atoms with van der Waals surface area (Å²) in [6.45, 7) is 3.92. The summed E-state index contributed by atoms with van der Waals surface area (Å²) < 4.78 is 4.84. The lowest BCUT2D eigenvalue weighted by molar-refractivity contribution is 0.0532. The van der Waals surface area contributed by atoms with Crippen molar-refractivity contribution < 1.29 is 14.6 Å². The van der Waals surface area contributed by atoms with E-state index in [1.54, 1.807) is 13.0 Å². The number of aliphatic hydroxyl groups is 1. The highest BCUT2D eigenvalue weighted by molar-refractivity contribution is 7.14. The summed E-state index contributed by atoms with van der Waals surface area (Å²) in [7, 11) is 0. The zero-order valence-electron chi connectivity index (χ0n) is 8.62. The first-order valence-corrected chi connectivity index (χ1v) is 5.94. The fraction of sp³-hybridized carbons (Fsp3) is 0.500. The van der Waals surface area contributed by atoms with Gasteiger partial charge in [-0.3, -0.25) is 0 Å². The van der Waals surface area contributed by atoms with Crippen LogP contribution < -0.4 is 0 Å². The number of carbonyl (C=O) groups excluding carboxylic acids is 1. The first-order valence-electron chi connectivity index (χ1n) is 4.74. The predicted molar refractivity (Wildman–Crippen MR) is 60.5 cm³/mol. The molecule has 3 nitrogen and oxygen atoms in total. The average molecular weight is 249 g/mol. The highest BCUT2D eigenvalue weighted by Crippen LogP contribution is 2.32. The Labute approximate surface area is 97.6 Å². The van der Waals surface area contributed by atoms with Crippen LogP contribution in [-0.2, 0) is 4.74 Å². The smallest absolute Gasteiger partial charge is 0.349 e. The van der Waals surface area contributed by atoms with Crippen molar-refractivity contribution in [3.05, 3.63) is 20.8 Å². The first kappa shape index (κ1) is 12.5. The van der Waals surface area contributed by atoms with Gasteiger partial charge in [-0.2, -0.15) is 0 Å². The highest BCUT2D eigenvalue weighted by atomic mass is 35.5. The summed E-state index contributed by atoms with van der Waals surface area (Å²) >= 11 is 7.06. The number of esters is 1. The van der Waals surface area contributed by atoms with Gasteiger partial charge in [-0.25, -0.2) is 4.79 Å². The van der Waals surface area contributed by atoms with Gasteiger partial charge in [-0.15, -0.1) is 11.3 Å². The van der Waals surface area contributed by atoms with E-state index < -0.39 is 12.1 Å². The van der Waals surface area contributed by atoms with Gasteiger partial charge in [0.2, 0.25) is 0 Å². The maximum Gasteiger partial charge on any atom is 0.349 e. The van der Waals surface area contributed by atoms with Gasteiger partial charge in [0.1, 0.15) is 4.88 Å². The molecule has 1 atom stereocenters. The SMILES string of the molecule is CCOC(=O)c1sc([C@H](O)CC)cc1Cl. The van der Waals surface area contributed by atoms with Crippen LogP contribution in [-0.4, -0.2) is 17.7 Å². The third kappa shape index (κ3) is 2.93. The molecule has 0 saturated heterocycles. The quantitative estimate of drug-likeness (QED) is 0.834. The molecule has 0 aliphatic heterocycles. The Bertz CT molecular complexity index is 348. The lowest BCUT2D eigenvalue weighted by Gasteiger charge is -2.02. The van der Waals surface area contributed by atoms with Gasteiger partial charge in [-0.05, 0) is 19.4 Å². The number of rotatable bonds is 4. The van der Waals surface area contributed by atoms with E-state index in [1.807, 2.05) is 6.92 Å². The molecule has 5 heteroatoms. The third-order valence-corrected chi connectivity index (χ3v) is 3.51. The molecule has 84 valence electrons. The van der Waals surface area contributed by atoms with Crippen molar-refractivity contribution in [2.24, 2.45) is 0 Å². The van der Waals surface area contributed by atoms with Crippen molar-refractivity contribution in [1.29, 1.82) is 0 Å². The largest absolute Gasteiger partial charge is 0.462 e. The minimum Gasteiger partial charge on any atom is -0.462 e. The average Bonchev–Trinajstić information content (AvgIpc) is 2.59. The molecular weight excluding hydrogens is 236 g/mol. The molecular formula is C10H13ClO3S. The van der Waals surface area contributed by atoms with Gasteiger partial charge in [0.15, 0.2) is 0 Å². The van der Waals surface area contributed by atoms with Crippen LogP contribution in [0.2, 0.25) is 5.02 Å². The van der Waals surface area contributed by atoms with Crippen LogP contribution >= 0.6 is 22.9 Å². The summed E-state index contributed by atoms with van der Waals surface area (Å²) in [5.74, 6) is -0.429. The molecule has 0 aromatic carbocycles. The molecule has 0 aliphatic carbocycles. The standard InChI is InChI=1S/C10H13ClO3S/c1-3-7(12)8-5-6(11)9(15-8)10(13)14-4-2/h5,7,12H,3-4H2,1-2H3/t7-/m1/s1. The number of ether oxygens (including phenoxy) is 1. The third-order valence-electron chi connectivity index (χ3n) is 1.88. The van der Waals surface area contributed by atoms with Gasteiger partial charge in [0.25, 0.3) is 0 Å². The molecule has 0 spiro atoms. The minimum absolute atomic E-state index is 0.318. The van der Waals surface area contributed by atoms with E-state index in [0.29, 0.717) is 27.8 Å². The van der Waals surface area contributed by atoms with Crippen molar-refractivity contribution in [2.45, 2.75) is 26.4 Å². The predicted octanol–water partition coefficient (Wildman–Crippen LogP) is 3.02. The van der Waals surface area contributed by atoms with Gasteiger partial charge < -0.3 is 9.84 Å². The molecule has 1 N–H and O–H groups in total. The van der Waals surface area contributed by atoms with Gasteiger partial charge in [0, 0.05) is 4.88 Å². The number of hydrogen-bond acceptors (Lipinski definition) is 4. The van der Waals surface area contributed by atoms with Crippen LogP contribution in [0.1, 0.15) is 40.9 Å². The normalized spacial score (nSPS) is 12.5. The Balaban J connectivity index is 2.90. The molecule has 1 aromatic heterocycles. The second-order valence-corrected chi connectivity index (χ2v) is 4.46. The Hall–Kier alpha value is -0.580. The fourth-order valence-electron chi connectivity index (χ4n) is 1.09. The van der Waals surface area contributed by atoms with Crippen LogP contribution in [0.25, 0.3) is 0 Å². The van der Waals surface area contributed by atoms with Crippen LogP contribution in [0.4, 0.5) is 0 Å². The maximum absolute atomic E-state index is 11.4. The van der Waals surface area contributed by atoms with Gasteiger partial charge in [0.05, 0.1) is 17.7 Å². The topological polar surface area (TPSA) is 46.5 Å². The Morgan fingerprint density at radius 2 is 2.33 bits per heavy atom. The Morgan fingerprint density at radius 3 is 2.87 bits per heavy atom. The molecule has 0 aliphatic rings. The monoisotopic (exact) mass is 248 g/mol. The molecule has 0 saturated carbocycles. The van der Waals surface area contributed by atoms with E-state index in [-0.39, 0.29) is 0 Å². The fourth-order valence-corrected chi connectivity index (χ4v) is 2.48. The number of hydrogen-bond donors (Lipinski definition) is 1. The van der Waals surface area contributed by atoms with Crippen molar-refractivity contribution in [1.82, 2.24) is 0 Å². The van der Waals surface area contributed by atoms with E-state index >= 15 is 0 Å². The van der Waals surface area contributed by atoms with Gasteiger partial charge >= 0.3 is 5.97 Å². The first-order chi connectivity index (χ1) is 7.10. The zero-order chi connectivity index (χ0) is 11.4. The van der Waals surface area contributed by atoms with E-state index in [0.717, 1.165) is 0 Å². The van der Waals surface area contributed by atoms with Crippen molar-refractivity contribution >= 4 is 28.9 Å². The second-order valence-electron chi connectivity index (χ2n) is 2.97. The zero-order valence-corrected chi connectivity index (χ0v) is 10.2. The summed E-state index contributed by atoms with van der Waals surface area (Å²) in [4.78, 5) is 12.5. The Morgan fingerprint density at radius 1 is 1.67 bits per heavy atom. The molecule has 0 radical (unpaired) electrons. The summed E-state index contributed by atoms with van der Waals surface area (Å²) in [6, 6.07) is 1.62. The van der Waals surface area contributed by atoms with Crippen LogP contribution in [0.3, 0.4) is 0 Å². The molecule has 0 unspecified atom stereocenters. The highest BCUT2D eigenvalue weighted by Gasteiger charge is 2.18. The molecule has 15 heavy (non-hydrogen) atoms. The molecule has 1 rings (SSSR count). The van der Waals surface area contributed by atoms with E-state index in [1.165, 1.54) is 11.3 Å². The van der Waals surface area contributed by atoms with E-state index in [9.17, 15) is 9.90 Å². The second kappa shape index (κ2) is 5.49. The number of halogens is 1. The molecule has 0 bridgehead atoms. The summed E-state index contributed by atoms with van der Waals surface area (Å²) in [5.41, 5.74) is 0. The van der Waals surface area contributed by atoms with Crippen LogP contribution in [0.15, 0.2) is 6.07 Å². The van der Waals surface area contributed by atoms with E-state index in [4.69, 9.17) is 16.3 Å². The van der Waals surface area contributed by atoms with Crippen LogP contribution in [0, 0.1) is 0 Å². The van der Waals surface area contributed by atoms with Crippen molar-refractivity contribution in [2.75, 3.05) is 6.61 Å². The molecule has 1 heterocycles. The lowest BCUT2D eigenvalue weighted by Crippen LogP contribution is -2.02. The van der Waals surface area contributed by atoms with Crippen molar-refractivity contribution in [3.63, 3.8) is 0 Å². The number of aliphatic hydroxyl groups excluding tert-OH is 1. The number of carbonyl (C=O) groups is 1. The minimum atomic E-state index is -0.560. The Kier molecular flexibility index (Phi) is 4.57. The summed E-state index contributed by atoms with van der Waals surface area (Å²) in [6.07, 6.45) is 0.0368.